The maximum absolute atomic E-state index is 13.1. The Morgan fingerprint density at radius 2 is 1.58 bits per heavy atom. The Labute approximate surface area is 194 Å². The smallest absolute Gasteiger partial charge is 0.339 e. The monoisotopic (exact) mass is 482 g/mol. The summed E-state index contributed by atoms with van der Waals surface area (Å²) >= 11 is 5.96. The van der Waals surface area contributed by atoms with Crippen molar-refractivity contribution in [2.24, 2.45) is 0 Å². The molecule has 0 bridgehead atoms. The van der Waals surface area contributed by atoms with Gasteiger partial charge in [-0.2, -0.15) is 8.42 Å². The molecule has 0 aliphatic carbocycles. The van der Waals surface area contributed by atoms with Crippen LogP contribution in [0.5, 0.6) is 5.75 Å². The normalized spacial score (nSPS) is 15.5. The molecule has 166 valence electrons. The molecule has 10 heteroatoms. The van der Waals surface area contributed by atoms with Gasteiger partial charge in [-0.25, -0.2) is 9.69 Å². The first-order valence-corrected chi connectivity index (χ1v) is 11.3. The summed E-state index contributed by atoms with van der Waals surface area (Å²) in [6, 6.07) is 18.6. The number of carbonyl (C=O) groups is 3. The molecule has 0 spiro atoms. The third-order valence-corrected chi connectivity index (χ3v) is 6.10. The number of hydrogen-bond acceptors (Lipinski definition) is 6. The molecule has 1 heterocycles. The van der Waals surface area contributed by atoms with E-state index in [0.717, 1.165) is 11.0 Å². The summed E-state index contributed by atoms with van der Waals surface area (Å²) < 4.78 is 30.5. The van der Waals surface area contributed by atoms with Gasteiger partial charge < -0.3 is 4.18 Å². The van der Waals surface area contributed by atoms with Crippen molar-refractivity contribution >= 4 is 51.3 Å². The van der Waals surface area contributed by atoms with Crippen molar-refractivity contribution in [2.45, 2.75) is 4.90 Å². The molecule has 1 aliphatic heterocycles. The Morgan fingerprint density at radius 1 is 0.879 bits per heavy atom. The minimum Gasteiger partial charge on any atom is -0.378 e. The van der Waals surface area contributed by atoms with E-state index < -0.39 is 28.0 Å². The summed E-state index contributed by atoms with van der Waals surface area (Å²) in [6.07, 6.45) is 1.16. The quantitative estimate of drug-likeness (QED) is 0.337. The molecule has 1 aliphatic rings. The molecule has 0 aromatic heterocycles. The second-order valence-electron chi connectivity index (χ2n) is 6.83. The van der Waals surface area contributed by atoms with Gasteiger partial charge in [-0.15, -0.1) is 0 Å². The van der Waals surface area contributed by atoms with E-state index in [9.17, 15) is 22.8 Å². The molecular weight excluding hydrogens is 468 g/mol. The van der Waals surface area contributed by atoms with Gasteiger partial charge in [0, 0.05) is 10.6 Å². The van der Waals surface area contributed by atoms with Crippen LogP contribution < -0.4 is 14.4 Å². The Hall–Kier alpha value is -3.95. The van der Waals surface area contributed by atoms with Gasteiger partial charge in [-0.1, -0.05) is 54.1 Å². The maximum atomic E-state index is 13.1. The van der Waals surface area contributed by atoms with Crippen molar-refractivity contribution in [3.63, 3.8) is 0 Å². The van der Waals surface area contributed by atoms with E-state index in [1.165, 1.54) is 36.4 Å². The number of nitrogens with zero attached hydrogens (tertiary/aromatic N) is 1. The molecule has 4 amide bonds. The highest BCUT2D eigenvalue weighted by molar-refractivity contribution is 7.87. The van der Waals surface area contributed by atoms with Gasteiger partial charge in [0.25, 0.3) is 11.8 Å². The Bertz CT molecular complexity index is 1400. The summed E-state index contributed by atoms with van der Waals surface area (Å²) in [5, 5.41) is 2.39. The highest BCUT2D eigenvalue weighted by Crippen LogP contribution is 2.28. The average molecular weight is 483 g/mol. The lowest BCUT2D eigenvalue weighted by molar-refractivity contribution is -0.122. The first-order valence-electron chi connectivity index (χ1n) is 9.52. The average Bonchev–Trinajstić information content (AvgIpc) is 2.78. The van der Waals surface area contributed by atoms with Crippen LogP contribution >= 0.6 is 11.6 Å². The number of carbonyl (C=O) groups excluding carboxylic acids is 3. The van der Waals surface area contributed by atoms with Crippen LogP contribution in [0, 0.1) is 0 Å². The van der Waals surface area contributed by atoms with Crippen molar-refractivity contribution in [2.75, 3.05) is 4.90 Å². The second-order valence-corrected chi connectivity index (χ2v) is 8.81. The molecule has 1 fully saturated rings. The minimum atomic E-state index is -4.16. The number of imide groups is 2. The third kappa shape index (κ3) is 4.64. The highest BCUT2D eigenvalue weighted by Gasteiger charge is 2.37. The fraction of sp³-hybridized carbons (Fsp3) is 0. The Morgan fingerprint density at radius 3 is 2.30 bits per heavy atom. The lowest BCUT2D eigenvalue weighted by Crippen LogP contribution is -2.54. The van der Waals surface area contributed by atoms with Crippen LogP contribution in [-0.2, 0) is 19.7 Å². The van der Waals surface area contributed by atoms with Gasteiger partial charge in [-0.05, 0) is 42.5 Å². The number of rotatable bonds is 5. The second kappa shape index (κ2) is 8.89. The molecule has 0 atom stereocenters. The lowest BCUT2D eigenvalue weighted by atomic mass is 10.1. The number of amides is 4. The molecule has 0 saturated carbocycles. The fourth-order valence-electron chi connectivity index (χ4n) is 3.09. The zero-order valence-corrected chi connectivity index (χ0v) is 18.3. The molecular formula is C23H15ClN2O6S. The Balaban J connectivity index is 1.72. The molecule has 4 rings (SSSR count). The van der Waals surface area contributed by atoms with Gasteiger partial charge in [0.1, 0.15) is 16.2 Å². The maximum Gasteiger partial charge on any atom is 0.339 e. The van der Waals surface area contributed by atoms with Gasteiger partial charge in [0.15, 0.2) is 0 Å². The first kappa shape index (κ1) is 22.3. The van der Waals surface area contributed by atoms with Crippen LogP contribution in [0.1, 0.15) is 5.56 Å². The molecule has 33 heavy (non-hydrogen) atoms. The first-order chi connectivity index (χ1) is 15.8. The Kier molecular flexibility index (Phi) is 5.99. The van der Waals surface area contributed by atoms with E-state index in [-0.39, 0.29) is 27.5 Å². The number of halogens is 1. The summed E-state index contributed by atoms with van der Waals surface area (Å²) in [5.74, 6) is -1.92. The van der Waals surface area contributed by atoms with Crippen molar-refractivity contribution in [3.8, 4) is 5.75 Å². The standard InChI is InChI=1S/C23H15ClN2O6S/c24-16-8-6-9-17(14-16)26-22(28)19(21(27)25-23(26)29)13-15-7-4-5-12-20(15)32-33(30,31)18-10-2-1-3-11-18/h1-14H,(H,25,27,29). The molecule has 8 nitrogen and oxygen atoms in total. The van der Waals surface area contributed by atoms with Crippen molar-refractivity contribution in [1.29, 1.82) is 0 Å². The SMILES string of the molecule is O=C1NC(=O)N(c2cccc(Cl)c2)C(=O)C1=Cc1ccccc1OS(=O)(=O)c1ccccc1. The molecule has 3 aromatic rings. The zero-order chi connectivity index (χ0) is 23.6. The topological polar surface area (TPSA) is 110 Å². The number of barbiturate groups is 1. The third-order valence-electron chi connectivity index (χ3n) is 4.62. The van der Waals surface area contributed by atoms with Crippen LogP contribution in [0.4, 0.5) is 10.5 Å². The number of anilines is 1. The van der Waals surface area contributed by atoms with E-state index in [1.807, 2.05) is 0 Å². The summed E-state index contributed by atoms with van der Waals surface area (Å²) in [7, 11) is -4.16. The molecule has 3 aromatic carbocycles. The summed E-state index contributed by atoms with van der Waals surface area (Å²) in [6.45, 7) is 0. The van der Waals surface area contributed by atoms with Gasteiger partial charge in [-0.3, -0.25) is 14.9 Å². The number of hydrogen-bond donors (Lipinski definition) is 1. The number of benzene rings is 3. The van der Waals surface area contributed by atoms with E-state index in [2.05, 4.69) is 5.32 Å². The minimum absolute atomic E-state index is 0.0586. The number of nitrogens with one attached hydrogen (secondary N) is 1. The predicted octanol–water partition coefficient (Wildman–Crippen LogP) is 3.77. The highest BCUT2D eigenvalue weighted by atomic mass is 35.5. The van der Waals surface area contributed by atoms with Crippen molar-refractivity contribution < 1.29 is 27.0 Å². The van der Waals surface area contributed by atoms with Crippen LogP contribution in [0.2, 0.25) is 5.02 Å². The van der Waals surface area contributed by atoms with Crippen molar-refractivity contribution in [1.82, 2.24) is 5.32 Å². The molecule has 1 N–H and O–H groups in total. The molecule has 0 radical (unpaired) electrons. The van der Waals surface area contributed by atoms with Gasteiger partial charge >= 0.3 is 16.1 Å². The summed E-state index contributed by atoms with van der Waals surface area (Å²) in [5.41, 5.74) is -0.0711. The molecule has 0 unspecified atom stereocenters. The largest absolute Gasteiger partial charge is 0.378 e. The van der Waals surface area contributed by atoms with E-state index >= 15 is 0 Å². The van der Waals surface area contributed by atoms with Crippen LogP contribution in [-0.4, -0.2) is 26.3 Å². The predicted molar refractivity (Wildman–Crippen MR) is 121 cm³/mol. The number of urea groups is 1. The van der Waals surface area contributed by atoms with Gasteiger partial charge in [0.2, 0.25) is 0 Å². The van der Waals surface area contributed by atoms with Crippen LogP contribution in [0.25, 0.3) is 6.08 Å². The number of para-hydroxylation sites is 1. The van der Waals surface area contributed by atoms with E-state index in [1.54, 1.807) is 42.5 Å². The van der Waals surface area contributed by atoms with Crippen LogP contribution in [0.3, 0.4) is 0 Å². The lowest BCUT2D eigenvalue weighted by Gasteiger charge is -2.26. The van der Waals surface area contributed by atoms with Gasteiger partial charge in [0.05, 0.1) is 5.69 Å². The summed E-state index contributed by atoms with van der Waals surface area (Å²) in [4.78, 5) is 38.5. The van der Waals surface area contributed by atoms with Crippen LogP contribution in [0.15, 0.2) is 89.3 Å². The fourth-order valence-corrected chi connectivity index (χ4v) is 4.25. The van der Waals surface area contributed by atoms with E-state index in [4.69, 9.17) is 15.8 Å². The zero-order valence-electron chi connectivity index (χ0n) is 16.8. The van der Waals surface area contributed by atoms with Crippen molar-refractivity contribution in [3.05, 3.63) is 95.0 Å². The molecule has 1 saturated heterocycles. The van der Waals surface area contributed by atoms with E-state index in [0.29, 0.717) is 5.02 Å².